The summed E-state index contributed by atoms with van der Waals surface area (Å²) in [5, 5.41) is 8.68. The zero-order valence-electron chi connectivity index (χ0n) is 30.5. The van der Waals surface area contributed by atoms with E-state index >= 15 is 0 Å². The lowest BCUT2D eigenvalue weighted by Gasteiger charge is -2.38. The maximum atomic E-state index is 14.6. The second-order valence-corrected chi connectivity index (χ2v) is 16.8. The minimum atomic E-state index is -1.09. The Morgan fingerprint density at radius 3 is 2.16 bits per heavy atom. The molecule has 1 aromatic carbocycles. The highest BCUT2D eigenvalue weighted by Crippen LogP contribution is 2.65. The number of nitrogens with zero attached hydrogens (tertiary/aromatic N) is 2. The number of Topliss-reactive ketones (excluding diaryl/α,β-unsaturated/α-hetero) is 1. The third-order valence-electron chi connectivity index (χ3n) is 11.6. The molecule has 4 fully saturated rings. The number of carbonyl (C=O) groups excluding carboxylic acids is 6. The van der Waals surface area contributed by atoms with E-state index in [0.717, 1.165) is 50.5 Å². The zero-order valence-corrected chi connectivity index (χ0v) is 30.5. The third kappa shape index (κ3) is 8.32. The Balaban J connectivity index is 1.34. The van der Waals surface area contributed by atoms with E-state index in [-0.39, 0.29) is 40.9 Å². The van der Waals surface area contributed by atoms with Gasteiger partial charge in [0.1, 0.15) is 18.1 Å². The highest BCUT2D eigenvalue weighted by atomic mass is 16.2. The Labute approximate surface area is 296 Å². The molecule has 12 heteroatoms. The monoisotopic (exact) mass is 692 g/mol. The van der Waals surface area contributed by atoms with Crippen molar-refractivity contribution in [3.05, 3.63) is 35.9 Å². The minimum absolute atomic E-state index is 0.0831. The molecule has 4 aliphatic rings. The highest BCUT2D eigenvalue weighted by molar-refractivity contribution is 6.37. The Bertz CT molecular complexity index is 1460. The summed E-state index contributed by atoms with van der Waals surface area (Å²) in [5.74, 6) is -2.91. The molecule has 50 heavy (non-hydrogen) atoms. The van der Waals surface area contributed by atoms with E-state index in [0.29, 0.717) is 19.5 Å². The molecule has 3 saturated carbocycles. The lowest BCUT2D eigenvalue weighted by molar-refractivity contribution is -0.144. The largest absolute Gasteiger partial charge is 0.363 e. The van der Waals surface area contributed by atoms with E-state index < -0.39 is 53.2 Å². The highest BCUT2D eigenvalue weighted by Gasteiger charge is 2.69. The summed E-state index contributed by atoms with van der Waals surface area (Å²) < 4.78 is 0. The molecule has 1 heterocycles. The van der Waals surface area contributed by atoms with Crippen LogP contribution in [-0.4, -0.2) is 83.0 Å². The maximum absolute atomic E-state index is 14.6. The number of urea groups is 1. The van der Waals surface area contributed by atoms with Crippen molar-refractivity contribution in [3.8, 4) is 0 Å². The van der Waals surface area contributed by atoms with Crippen LogP contribution < -0.4 is 21.7 Å². The fourth-order valence-electron chi connectivity index (χ4n) is 8.31. The van der Waals surface area contributed by atoms with E-state index in [1.165, 1.54) is 0 Å². The number of piperidine rings is 1. The topological polar surface area (TPSA) is 171 Å². The number of rotatable bonds is 13. The van der Waals surface area contributed by atoms with Gasteiger partial charge in [-0.2, -0.15) is 0 Å². The number of benzene rings is 1. The molecule has 6 atom stereocenters. The number of likely N-dealkylation sites (N-methyl/N-ethyl adjacent to an activating group) is 1. The molecule has 1 saturated heterocycles. The SMILES string of the molecule is CN(Cc1ccccc1)C(=O)[C@@H](NC(=O)N[C@H](C(=O)N1C[C@H]2[C@@H]([C@H]1C(=O)NC(CC1CC1)C(=O)C(N)=O)C2(C)C)C1CCCCC1)C(C)(C)C. The van der Waals surface area contributed by atoms with E-state index in [1.54, 1.807) is 16.8 Å². The first-order valence-corrected chi connectivity index (χ1v) is 18.3. The first-order valence-electron chi connectivity index (χ1n) is 18.3. The van der Waals surface area contributed by atoms with Gasteiger partial charge in [-0.15, -0.1) is 0 Å². The summed E-state index contributed by atoms with van der Waals surface area (Å²) in [4.78, 5) is 83.9. The van der Waals surface area contributed by atoms with Crippen LogP contribution in [0.4, 0.5) is 4.79 Å². The van der Waals surface area contributed by atoms with Crippen molar-refractivity contribution in [2.45, 2.75) is 117 Å². The number of nitrogens with two attached hydrogens (primary N) is 1. The number of carbonyl (C=O) groups is 6. The quantitative estimate of drug-likeness (QED) is 0.232. The summed E-state index contributed by atoms with van der Waals surface area (Å²) in [5.41, 5.74) is 5.49. The van der Waals surface area contributed by atoms with Gasteiger partial charge < -0.3 is 31.5 Å². The fraction of sp³-hybridized carbons (Fsp3) is 0.684. The number of nitrogens with one attached hydrogen (secondary N) is 3. The van der Waals surface area contributed by atoms with Gasteiger partial charge in [0.15, 0.2) is 0 Å². The van der Waals surface area contributed by atoms with Gasteiger partial charge in [-0.3, -0.25) is 24.0 Å². The van der Waals surface area contributed by atoms with Crippen LogP contribution in [0.15, 0.2) is 30.3 Å². The van der Waals surface area contributed by atoms with Crippen LogP contribution in [0.25, 0.3) is 0 Å². The third-order valence-corrected chi connectivity index (χ3v) is 11.6. The predicted octanol–water partition coefficient (Wildman–Crippen LogP) is 3.13. The average molecular weight is 693 g/mol. The van der Waals surface area contributed by atoms with E-state index in [1.807, 2.05) is 51.1 Å². The summed E-state index contributed by atoms with van der Waals surface area (Å²) in [7, 11) is 1.71. The van der Waals surface area contributed by atoms with Crippen LogP contribution in [0.5, 0.6) is 0 Å². The van der Waals surface area contributed by atoms with E-state index in [2.05, 4.69) is 29.8 Å². The predicted molar refractivity (Wildman–Crippen MR) is 188 cm³/mol. The number of hydrogen-bond acceptors (Lipinski definition) is 6. The molecule has 1 aliphatic heterocycles. The van der Waals surface area contributed by atoms with Crippen molar-refractivity contribution in [1.82, 2.24) is 25.8 Å². The normalized spacial score (nSPS) is 24.6. The van der Waals surface area contributed by atoms with Crippen LogP contribution in [0.2, 0.25) is 0 Å². The molecule has 3 aliphatic carbocycles. The second-order valence-electron chi connectivity index (χ2n) is 16.8. The molecule has 5 N–H and O–H groups in total. The number of hydrogen-bond donors (Lipinski definition) is 4. The minimum Gasteiger partial charge on any atom is -0.363 e. The molecule has 12 nitrogen and oxygen atoms in total. The van der Waals surface area contributed by atoms with Crippen molar-refractivity contribution in [2.75, 3.05) is 13.6 Å². The second kappa shape index (κ2) is 14.7. The van der Waals surface area contributed by atoms with Crippen molar-refractivity contribution in [2.24, 2.45) is 40.2 Å². The van der Waals surface area contributed by atoms with E-state index in [9.17, 15) is 28.8 Å². The van der Waals surface area contributed by atoms with Gasteiger partial charge in [0.25, 0.3) is 5.91 Å². The molecular formula is C38H56N6O6. The first-order chi connectivity index (χ1) is 23.5. The number of primary amides is 1. The fourth-order valence-corrected chi connectivity index (χ4v) is 8.31. The summed E-state index contributed by atoms with van der Waals surface area (Å²) in [6.45, 7) is 10.5. The smallest absolute Gasteiger partial charge is 0.316 e. The Kier molecular flexibility index (Phi) is 11.0. The van der Waals surface area contributed by atoms with Crippen LogP contribution in [0, 0.1) is 34.5 Å². The number of amides is 6. The maximum Gasteiger partial charge on any atom is 0.316 e. The van der Waals surface area contributed by atoms with Gasteiger partial charge in [-0.25, -0.2) is 4.79 Å². The van der Waals surface area contributed by atoms with Gasteiger partial charge >= 0.3 is 6.03 Å². The van der Waals surface area contributed by atoms with Gasteiger partial charge in [0, 0.05) is 20.1 Å². The average Bonchev–Trinajstić information content (AvgIpc) is 3.92. The molecule has 1 aromatic rings. The lowest BCUT2D eigenvalue weighted by Crippen LogP contribution is -2.62. The van der Waals surface area contributed by atoms with E-state index in [4.69, 9.17) is 5.73 Å². The van der Waals surface area contributed by atoms with Crippen LogP contribution >= 0.6 is 0 Å². The van der Waals surface area contributed by atoms with Crippen molar-refractivity contribution >= 4 is 35.4 Å². The van der Waals surface area contributed by atoms with Gasteiger partial charge in [0.05, 0.1) is 6.04 Å². The zero-order chi connectivity index (χ0) is 36.5. The molecule has 0 spiro atoms. The lowest BCUT2D eigenvalue weighted by atomic mass is 9.83. The van der Waals surface area contributed by atoms with Crippen molar-refractivity contribution in [1.29, 1.82) is 0 Å². The van der Waals surface area contributed by atoms with Gasteiger partial charge in [0.2, 0.25) is 23.5 Å². The molecular weight excluding hydrogens is 636 g/mol. The van der Waals surface area contributed by atoms with Crippen molar-refractivity contribution in [3.63, 3.8) is 0 Å². The van der Waals surface area contributed by atoms with Crippen LogP contribution in [0.3, 0.4) is 0 Å². The standard InChI is InChI=1S/C38H56N6O6/c1-37(2,3)31(35(49)43(6)20-23-13-9-7-10-14-23)42-36(50)41-28(24-15-11-8-12-16-24)34(48)44-21-25-27(38(25,4)5)29(44)33(47)40-26(19-22-17-18-22)30(45)32(39)46/h7,9-10,13-14,22,24-29,31H,8,11-12,15-21H2,1-6H3,(H2,39,46)(H,40,47)(H2,41,42,50)/t25-,26?,27-,28-,29-,31+/m0/s1. The molecule has 0 bridgehead atoms. The number of fused-ring (bicyclic) bond motifs is 1. The first kappa shape index (κ1) is 37.3. The van der Waals surface area contributed by atoms with Gasteiger partial charge in [-0.1, -0.05) is 97.1 Å². The molecule has 5 rings (SSSR count). The molecule has 0 radical (unpaired) electrons. The molecule has 0 aromatic heterocycles. The van der Waals surface area contributed by atoms with Crippen molar-refractivity contribution < 1.29 is 28.8 Å². The Morgan fingerprint density at radius 2 is 1.58 bits per heavy atom. The van der Waals surface area contributed by atoms with Crippen LogP contribution in [0.1, 0.15) is 91.5 Å². The summed E-state index contributed by atoms with van der Waals surface area (Å²) in [6, 6.07) is 5.35. The molecule has 274 valence electrons. The summed E-state index contributed by atoms with van der Waals surface area (Å²) in [6.07, 6.45) is 6.57. The molecule has 1 unspecified atom stereocenters. The Morgan fingerprint density at radius 1 is 0.940 bits per heavy atom. The number of likely N-dealkylation sites (tertiary alicyclic amines) is 1. The van der Waals surface area contributed by atoms with Crippen LogP contribution in [-0.2, 0) is 30.5 Å². The number of ketones is 1. The van der Waals surface area contributed by atoms with Gasteiger partial charge in [-0.05, 0) is 59.3 Å². The molecule has 6 amide bonds. The summed E-state index contributed by atoms with van der Waals surface area (Å²) >= 11 is 0. The Hall–Kier alpha value is -3.96.